The van der Waals surface area contributed by atoms with Gasteiger partial charge in [0.1, 0.15) is 9.88 Å². The van der Waals surface area contributed by atoms with Crippen LogP contribution in [0, 0.1) is 6.92 Å². The van der Waals surface area contributed by atoms with Gasteiger partial charge in [0.15, 0.2) is 11.0 Å². The number of esters is 2. The summed E-state index contributed by atoms with van der Waals surface area (Å²) < 4.78 is 12.1. The Morgan fingerprint density at radius 1 is 1.11 bits per heavy atom. The quantitative estimate of drug-likeness (QED) is 0.193. The first kappa shape index (κ1) is 28.9. The van der Waals surface area contributed by atoms with Gasteiger partial charge in [0, 0.05) is 31.9 Å². The van der Waals surface area contributed by atoms with E-state index < -0.39 is 11.9 Å². The van der Waals surface area contributed by atoms with Crippen molar-refractivity contribution in [2.24, 2.45) is 0 Å². The fourth-order valence-electron chi connectivity index (χ4n) is 3.55. The van der Waals surface area contributed by atoms with Crippen LogP contribution in [0.5, 0.6) is 0 Å². The third kappa shape index (κ3) is 6.62. The Morgan fingerprint density at radius 3 is 2.37 bits per heavy atom. The monoisotopic (exact) mass is 557 g/mol. The van der Waals surface area contributed by atoms with E-state index in [1.54, 1.807) is 26.8 Å². The number of nitrogens with one attached hydrogen (secondary N) is 1. The van der Waals surface area contributed by atoms with E-state index in [1.165, 1.54) is 11.8 Å². The molecule has 1 amide bonds. The summed E-state index contributed by atoms with van der Waals surface area (Å²) in [6, 6.07) is 7.93. The van der Waals surface area contributed by atoms with Crippen LogP contribution < -0.4 is 10.2 Å². The Balaban J connectivity index is 1.79. The zero-order valence-corrected chi connectivity index (χ0v) is 23.7. The van der Waals surface area contributed by atoms with Gasteiger partial charge in [-0.25, -0.2) is 9.59 Å². The van der Waals surface area contributed by atoms with Crippen molar-refractivity contribution >= 4 is 51.6 Å². The maximum Gasteiger partial charge on any atom is 0.348 e. The Hall–Kier alpha value is -3.64. The van der Waals surface area contributed by atoms with Crippen LogP contribution in [0.2, 0.25) is 0 Å². The fraction of sp³-hybridized carbons (Fsp3) is 0.346. The lowest BCUT2D eigenvalue weighted by Crippen LogP contribution is -2.17. The molecule has 12 heteroatoms. The van der Waals surface area contributed by atoms with Gasteiger partial charge in [-0.3, -0.25) is 9.36 Å². The van der Waals surface area contributed by atoms with Crippen molar-refractivity contribution < 1.29 is 23.9 Å². The lowest BCUT2D eigenvalue weighted by molar-refractivity contribution is -0.113. The Bertz CT molecular complexity index is 1310. The van der Waals surface area contributed by atoms with Crippen molar-refractivity contribution in [3.05, 3.63) is 52.9 Å². The van der Waals surface area contributed by atoms with Crippen LogP contribution >= 0.6 is 23.1 Å². The summed E-state index contributed by atoms with van der Waals surface area (Å²) in [5.41, 5.74) is 2.51. The van der Waals surface area contributed by atoms with Crippen molar-refractivity contribution in [3.8, 4) is 11.4 Å². The van der Waals surface area contributed by atoms with E-state index in [9.17, 15) is 14.4 Å². The number of anilines is 2. The molecular formula is C26H31N5O5S2. The Labute approximate surface area is 230 Å². The van der Waals surface area contributed by atoms with Crippen molar-refractivity contribution in [3.63, 3.8) is 0 Å². The second-order valence-corrected chi connectivity index (χ2v) is 10.1. The van der Waals surface area contributed by atoms with Crippen LogP contribution in [0.1, 0.15) is 39.4 Å². The SMILES string of the molecule is C=CCn1c(SCC(=O)Nc2sc(C(=O)OCC)c(C)c2C(=O)OCC)nnc1-c1ccc(N(C)C)cc1. The largest absolute Gasteiger partial charge is 0.462 e. The predicted molar refractivity (Wildman–Crippen MR) is 150 cm³/mol. The van der Waals surface area contributed by atoms with Gasteiger partial charge < -0.3 is 19.7 Å². The second kappa shape index (κ2) is 13.2. The van der Waals surface area contributed by atoms with Crippen molar-refractivity contribution in [2.75, 3.05) is 43.3 Å². The number of carbonyl (C=O) groups is 3. The molecule has 2 heterocycles. The van der Waals surface area contributed by atoms with E-state index in [0.717, 1.165) is 22.6 Å². The third-order valence-electron chi connectivity index (χ3n) is 5.34. The molecule has 0 aliphatic carbocycles. The summed E-state index contributed by atoms with van der Waals surface area (Å²) in [7, 11) is 3.94. The van der Waals surface area contributed by atoms with E-state index in [0.29, 0.717) is 23.1 Å². The molecule has 0 bridgehead atoms. The highest BCUT2D eigenvalue weighted by molar-refractivity contribution is 7.99. The minimum absolute atomic E-state index is 0.00277. The zero-order valence-electron chi connectivity index (χ0n) is 22.1. The zero-order chi connectivity index (χ0) is 27.8. The summed E-state index contributed by atoms with van der Waals surface area (Å²) in [4.78, 5) is 40.1. The highest BCUT2D eigenvalue weighted by Gasteiger charge is 2.27. The maximum absolute atomic E-state index is 12.9. The number of thiophene rings is 1. The molecule has 1 aromatic carbocycles. The summed E-state index contributed by atoms with van der Waals surface area (Å²) in [6.45, 7) is 9.65. The Morgan fingerprint density at radius 2 is 1.76 bits per heavy atom. The molecule has 0 unspecified atom stereocenters. The first-order valence-corrected chi connectivity index (χ1v) is 13.7. The van der Waals surface area contributed by atoms with Gasteiger partial charge in [-0.15, -0.1) is 28.1 Å². The van der Waals surface area contributed by atoms with E-state index >= 15 is 0 Å². The first-order valence-electron chi connectivity index (χ1n) is 11.9. The number of allylic oxidation sites excluding steroid dienone is 1. The number of rotatable bonds is 12. The molecule has 202 valence electrons. The molecule has 1 N–H and O–H groups in total. The molecule has 0 aliphatic rings. The van der Waals surface area contributed by atoms with Gasteiger partial charge in [0.2, 0.25) is 5.91 Å². The van der Waals surface area contributed by atoms with Crippen LogP contribution in [0.25, 0.3) is 11.4 Å². The number of ether oxygens (including phenoxy) is 2. The molecule has 0 spiro atoms. The number of hydrogen-bond acceptors (Lipinski definition) is 10. The highest BCUT2D eigenvalue weighted by atomic mass is 32.2. The molecule has 0 saturated carbocycles. The molecule has 3 aromatic rings. The van der Waals surface area contributed by atoms with E-state index in [4.69, 9.17) is 9.47 Å². The van der Waals surface area contributed by atoms with E-state index in [2.05, 4.69) is 22.1 Å². The van der Waals surface area contributed by atoms with Crippen molar-refractivity contribution in [1.82, 2.24) is 14.8 Å². The molecule has 0 saturated heterocycles. The van der Waals surface area contributed by atoms with Gasteiger partial charge >= 0.3 is 11.9 Å². The van der Waals surface area contributed by atoms with Gasteiger partial charge in [-0.2, -0.15) is 0 Å². The molecule has 0 aliphatic heterocycles. The average Bonchev–Trinajstić information content (AvgIpc) is 3.43. The van der Waals surface area contributed by atoms with Crippen molar-refractivity contribution in [2.45, 2.75) is 32.5 Å². The standard InChI is InChI=1S/C26H31N5O5S2/c1-7-14-31-22(17-10-12-18(13-11-17)30(5)6)28-29-26(31)37-15-19(32)27-23-20(24(33)35-8-2)16(4)21(38-23)25(34)36-9-3/h7,10-13H,1,8-9,14-15H2,2-6H3,(H,27,32). The number of aromatic nitrogens is 3. The third-order valence-corrected chi connectivity index (χ3v) is 7.50. The van der Waals surface area contributed by atoms with E-state index in [1.807, 2.05) is 47.8 Å². The highest BCUT2D eigenvalue weighted by Crippen LogP contribution is 2.35. The number of thioether (sulfide) groups is 1. The first-order chi connectivity index (χ1) is 18.2. The summed E-state index contributed by atoms with van der Waals surface area (Å²) in [6.07, 6.45) is 1.74. The predicted octanol–water partition coefficient (Wildman–Crippen LogP) is 4.65. The molecular weight excluding hydrogens is 526 g/mol. The lowest BCUT2D eigenvalue weighted by atomic mass is 10.1. The molecule has 0 radical (unpaired) electrons. The van der Waals surface area contributed by atoms with Gasteiger partial charge in [0.05, 0.1) is 24.5 Å². The lowest BCUT2D eigenvalue weighted by Gasteiger charge is -2.13. The molecule has 38 heavy (non-hydrogen) atoms. The fourth-order valence-corrected chi connectivity index (χ4v) is 5.40. The average molecular weight is 558 g/mol. The molecule has 10 nitrogen and oxygen atoms in total. The number of hydrogen-bond donors (Lipinski definition) is 1. The van der Waals surface area contributed by atoms with Gasteiger partial charge in [-0.1, -0.05) is 17.8 Å². The Kier molecular flexibility index (Phi) is 10.1. The van der Waals surface area contributed by atoms with Crippen LogP contribution in [0.15, 0.2) is 42.1 Å². The van der Waals surface area contributed by atoms with Crippen LogP contribution in [-0.2, 0) is 20.8 Å². The topological polar surface area (TPSA) is 116 Å². The molecule has 0 atom stereocenters. The number of benzene rings is 1. The molecule has 3 rings (SSSR count). The molecule has 2 aromatic heterocycles. The summed E-state index contributed by atoms with van der Waals surface area (Å²) in [5, 5.41) is 12.2. The van der Waals surface area contributed by atoms with Crippen molar-refractivity contribution in [1.29, 1.82) is 0 Å². The number of carbonyl (C=O) groups excluding carboxylic acids is 3. The second-order valence-electron chi connectivity index (χ2n) is 8.18. The van der Waals surface area contributed by atoms with Crippen LogP contribution in [0.3, 0.4) is 0 Å². The van der Waals surface area contributed by atoms with Gasteiger partial charge in [-0.05, 0) is 50.6 Å². The minimum Gasteiger partial charge on any atom is -0.462 e. The summed E-state index contributed by atoms with van der Waals surface area (Å²) in [5.74, 6) is -0.879. The minimum atomic E-state index is -0.615. The van der Waals surface area contributed by atoms with E-state index in [-0.39, 0.29) is 40.3 Å². The number of nitrogens with zero attached hydrogens (tertiary/aromatic N) is 4. The smallest absolute Gasteiger partial charge is 0.348 e. The van der Waals surface area contributed by atoms with Gasteiger partial charge in [0.25, 0.3) is 0 Å². The van der Waals surface area contributed by atoms with Crippen LogP contribution in [0.4, 0.5) is 10.7 Å². The van der Waals surface area contributed by atoms with Crippen LogP contribution in [-0.4, -0.2) is 65.7 Å². The summed E-state index contributed by atoms with van der Waals surface area (Å²) >= 11 is 2.19. The normalized spacial score (nSPS) is 10.7. The molecule has 0 fully saturated rings. The maximum atomic E-state index is 12.9. The number of amides is 1.